The molecule has 1 fully saturated rings. The Hall–Kier alpha value is -2.17. The monoisotopic (exact) mass is 244 g/mol. The van der Waals surface area contributed by atoms with Gasteiger partial charge < -0.3 is 10.1 Å². The van der Waals surface area contributed by atoms with Crippen molar-refractivity contribution in [1.82, 2.24) is 9.97 Å². The minimum atomic E-state index is -0.780. The molecule has 0 spiro atoms. The molecule has 3 rings (SSSR count). The second-order valence-corrected chi connectivity index (χ2v) is 4.72. The molecule has 1 aromatic carbocycles. The van der Waals surface area contributed by atoms with E-state index in [9.17, 15) is 14.7 Å². The zero-order chi connectivity index (χ0) is 12.8. The number of fused-ring (bicyclic) bond motifs is 1. The van der Waals surface area contributed by atoms with E-state index in [0.29, 0.717) is 23.9 Å². The van der Waals surface area contributed by atoms with E-state index < -0.39 is 11.4 Å². The highest BCUT2D eigenvalue weighted by Crippen LogP contribution is 2.44. The number of carboxylic acids is 1. The Kier molecular flexibility index (Phi) is 2.23. The summed E-state index contributed by atoms with van der Waals surface area (Å²) >= 11 is 0. The third kappa shape index (κ3) is 1.44. The van der Waals surface area contributed by atoms with E-state index in [4.69, 9.17) is 0 Å². The average Bonchev–Trinajstić information content (AvgIpc) is 2.27. The van der Waals surface area contributed by atoms with Crippen molar-refractivity contribution in [2.45, 2.75) is 24.7 Å². The quantitative estimate of drug-likeness (QED) is 0.837. The fourth-order valence-electron chi connectivity index (χ4n) is 2.49. The van der Waals surface area contributed by atoms with E-state index in [0.717, 1.165) is 12.0 Å². The van der Waals surface area contributed by atoms with Crippen LogP contribution < -0.4 is 5.56 Å². The lowest BCUT2D eigenvalue weighted by Gasteiger charge is -2.38. The summed E-state index contributed by atoms with van der Waals surface area (Å²) in [7, 11) is 0. The maximum absolute atomic E-state index is 11.4. The van der Waals surface area contributed by atoms with Crippen molar-refractivity contribution >= 4 is 17.0 Å². The number of carbonyl (C=O) groups is 1. The van der Waals surface area contributed by atoms with Crippen molar-refractivity contribution in [2.24, 2.45) is 0 Å². The number of aromatic nitrogens is 2. The molecule has 1 saturated carbocycles. The molecule has 1 aliphatic carbocycles. The summed E-state index contributed by atoms with van der Waals surface area (Å²) < 4.78 is 0. The predicted octanol–water partition coefficient (Wildman–Crippen LogP) is 1.43. The lowest BCUT2D eigenvalue weighted by atomic mass is 9.64. The molecule has 0 saturated heterocycles. The molecule has 1 aromatic heterocycles. The molecule has 1 heterocycles. The van der Waals surface area contributed by atoms with Gasteiger partial charge >= 0.3 is 5.97 Å². The molecule has 5 nitrogen and oxygen atoms in total. The fraction of sp³-hybridized carbons (Fsp3) is 0.308. The number of aliphatic carboxylic acids is 1. The predicted molar refractivity (Wildman–Crippen MR) is 65.5 cm³/mol. The topological polar surface area (TPSA) is 83.0 Å². The number of hydrogen-bond acceptors (Lipinski definition) is 3. The summed E-state index contributed by atoms with van der Waals surface area (Å²) in [6.07, 6.45) is 3.47. The lowest BCUT2D eigenvalue weighted by molar-refractivity contribution is -0.147. The molecule has 92 valence electrons. The van der Waals surface area contributed by atoms with Gasteiger partial charge in [0.1, 0.15) is 0 Å². The van der Waals surface area contributed by atoms with Crippen LogP contribution in [0.1, 0.15) is 24.8 Å². The number of H-pyrrole nitrogens is 1. The highest BCUT2D eigenvalue weighted by molar-refractivity contribution is 5.85. The minimum Gasteiger partial charge on any atom is -0.481 e. The zero-order valence-corrected chi connectivity index (χ0v) is 9.64. The van der Waals surface area contributed by atoms with Crippen molar-refractivity contribution in [1.29, 1.82) is 0 Å². The number of nitrogens with zero attached hydrogens (tertiary/aromatic N) is 1. The van der Waals surface area contributed by atoms with Crippen molar-refractivity contribution in [3.05, 3.63) is 40.3 Å². The molecule has 0 atom stereocenters. The molecule has 0 amide bonds. The summed E-state index contributed by atoms with van der Waals surface area (Å²) in [6, 6.07) is 5.26. The molecule has 5 heteroatoms. The normalized spacial score (nSPS) is 17.3. The number of carboxylic acid groups (broad SMARTS) is 1. The van der Waals surface area contributed by atoms with Crippen LogP contribution in [0.25, 0.3) is 11.0 Å². The summed E-state index contributed by atoms with van der Waals surface area (Å²) in [5, 5.41) is 9.38. The Bertz CT molecular complexity index is 686. The molecule has 0 radical (unpaired) electrons. The van der Waals surface area contributed by atoms with Gasteiger partial charge in [-0.1, -0.05) is 12.5 Å². The number of hydrogen-bond donors (Lipinski definition) is 2. The van der Waals surface area contributed by atoms with Gasteiger partial charge in [0.15, 0.2) is 0 Å². The van der Waals surface area contributed by atoms with Gasteiger partial charge in [-0.15, -0.1) is 0 Å². The van der Waals surface area contributed by atoms with Crippen molar-refractivity contribution in [3.8, 4) is 0 Å². The smallest absolute Gasteiger partial charge is 0.314 e. The number of aromatic amines is 1. The van der Waals surface area contributed by atoms with Crippen LogP contribution in [0.5, 0.6) is 0 Å². The number of nitrogens with one attached hydrogen (secondary N) is 1. The SMILES string of the molecule is O=C(O)C1(c2ccc3[nH]c(=O)cnc3c2)CCC1. The van der Waals surface area contributed by atoms with Crippen LogP contribution in [0.4, 0.5) is 0 Å². The van der Waals surface area contributed by atoms with Crippen LogP contribution in [-0.4, -0.2) is 21.0 Å². The van der Waals surface area contributed by atoms with Gasteiger partial charge in [-0.3, -0.25) is 9.59 Å². The molecule has 2 aromatic rings. The summed E-state index contributed by atoms with van der Waals surface area (Å²) in [4.78, 5) is 29.2. The van der Waals surface area contributed by atoms with Gasteiger partial charge in [0.25, 0.3) is 5.56 Å². The molecule has 0 aliphatic heterocycles. The summed E-state index contributed by atoms with van der Waals surface area (Å²) in [5.41, 5.74) is 1.01. The van der Waals surface area contributed by atoms with Gasteiger partial charge in [0.2, 0.25) is 0 Å². The fourth-order valence-corrected chi connectivity index (χ4v) is 2.49. The van der Waals surface area contributed by atoms with E-state index in [1.807, 2.05) is 0 Å². The second-order valence-electron chi connectivity index (χ2n) is 4.72. The van der Waals surface area contributed by atoms with E-state index in [2.05, 4.69) is 9.97 Å². The Morgan fingerprint density at radius 3 is 2.78 bits per heavy atom. The second kappa shape index (κ2) is 3.66. The molecule has 0 bridgehead atoms. The average molecular weight is 244 g/mol. The summed E-state index contributed by atoms with van der Waals surface area (Å²) in [6.45, 7) is 0. The third-order valence-corrected chi connectivity index (χ3v) is 3.75. The Morgan fingerprint density at radius 2 is 2.17 bits per heavy atom. The van der Waals surface area contributed by atoms with Crippen LogP contribution in [0.2, 0.25) is 0 Å². The van der Waals surface area contributed by atoms with Crippen molar-refractivity contribution < 1.29 is 9.90 Å². The van der Waals surface area contributed by atoms with E-state index in [1.165, 1.54) is 6.20 Å². The van der Waals surface area contributed by atoms with Gasteiger partial charge in [-0.05, 0) is 30.5 Å². The van der Waals surface area contributed by atoms with Crippen LogP contribution in [0.15, 0.2) is 29.2 Å². The van der Waals surface area contributed by atoms with Crippen LogP contribution in [0, 0.1) is 0 Å². The number of benzene rings is 1. The molecule has 0 unspecified atom stereocenters. The Labute approximate surface area is 102 Å². The highest BCUT2D eigenvalue weighted by atomic mass is 16.4. The highest BCUT2D eigenvalue weighted by Gasteiger charge is 2.45. The van der Waals surface area contributed by atoms with Gasteiger partial charge in [-0.25, -0.2) is 4.98 Å². The molecular formula is C13H12N2O3. The van der Waals surface area contributed by atoms with Crippen molar-refractivity contribution in [3.63, 3.8) is 0 Å². The molecule has 18 heavy (non-hydrogen) atoms. The standard InChI is InChI=1S/C13H12N2O3/c16-11-7-14-10-6-8(2-3-9(10)15-11)13(12(17)18)4-1-5-13/h2-3,6-7H,1,4-5H2,(H,15,16)(H,17,18). The maximum Gasteiger partial charge on any atom is 0.314 e. The maximum atomic E-state index is 11.4. The summed E-state index contributed by atoms with van der Waals surface area (Å²) in [5.74, 6) is -0.780. The van der Waals surface area contributed by atoms with Crippen LogP contribution >= 0.6 is 0 Å². The van der Waals surface area contributed by atoms with Gasteiger partial charge in [-0.2, -0.15) is 0 Å². The van der Waals surface area contributed by atoms with E-state index >= 15 is 0 Å². The lowest BCUT2D eigenvalue weighted by Crippen LogP contribution is -2.42. The number of rotatable bonds is 2. The van der Waals surface area contributed by atoms with Gasteiger partial charge in [0, 0.05) is 0 Å². The van der Waals surface area contributed by atoms with Crippen LogP contribution in [-0.2, 0) is 10.2 Å². The zero-order valence-electron chi connectivity index (χ0n) is 9.64. The Morgan fingerprint density at radius 1 is 1.39 bits per heavy atom. The minimum absolute atomic E-state index is 0.258. The molecule has 2 N–H and O–H groups in total. The van der Waals surface area contributed by atoms with Crippen molar-refractivity contribution in [2.75, 3.05) is 0 Å². The van der Waals surface area contributed by atoms with E-state index in [-0.39, 0.29) is 5.56 Å². The van der Waals surface area contributed by atoms with Gasteiger partial charge in [0.05, 0.1) is 22.6 Å². The largest absolute Gasteiger partial charge is 0.481 e. The third-order valence-electron chi connectivity index (χ3n) is 3.75. The Balaban J connectivity index is 2.16. The van der Waals surface area contributed by atoms with E-state index in [1.54, 1.807) is 18.2 Å². The molecule has 1 aliphatic rings. The first-order valence-corrected chi connectivity index (χ1v) is 5.85. The molecular weight excluding hydrogens is 232 g/mol. The first-order chi connectivity index (χ1) is 8.62. The van der Waals surface area contributed by atoms with Crippen LogP contribution in [0.3, 0.4) is 0 Å². The first kappa shape index (κ1) is 11.0. The first-order valence-electron chi connectivity index (χ1n) is 5.85.